The monoisotopic (exact) mass is 408 g/mol. The van der Waals surface area contributed by atoms with Gasteiger partial charge in [-0.1, -0.05) is 18.2 Å². The van der Waals surface area contributed by atoms with Gasteiger partial charge in [0.1, 0.15) is 11.6 Å². The van der Waals surface area contributed by atoms with E-state index < -0.39 is 0 Å². The number of anilines is 1. The van der Waals surface area contributed by atoms with Crippen molar-refractivity contribution in [1.29, 1.82) is 0 Å². The maximum absolute atomic E-state index is 13.7. The van der Waals surface area contributed by atoms with E-state index in [1.165, 1.54) is 6.07 Å². The van der Waals surface area contributed by atoms with E-state index in [9.17, 15) is 4.39 Å². The first-order valence-corrected chi connectivity index (χ1v) is 8.35. The fourth-order valence-electron chi connectivity index (χ4n) is 2.10. The van der Waals surface area contributed by atoms with Crippen LogP contribution >= 0.6 is 28.1 Å². The maximum Gasteiger partial charge on any atom is 0.172 e. The highest BCUT2D eigenvalue weighted by Crippen LogP contribution is 2.21. The SMILES string of the molecule is Fc1ccccc1Cn1cc(Br)c(NC(=S)NCc2ccco2)n1. The molecular weight excluding hydrogens is 395 g/mol. The molecule has 0 saturated heterocycles. The van der Waals surface area contributed by atoms with Crippen molar-refractivity contribution in [3.8, 4) is 0 Å². The van der Waals surface area contributed by atoms with Gasteiger partial charge in [0.05, 0.1) is 23.8 Å². The number of hydrogen-bond acceptors (Lipinski definition) is 3. The second kappa shape index (κ2) is 7.59. The maximum atomic E-state index is 13.7. The first-order chi connectivity index (χ1) is 11.6. The summed E-state index contributed by atoms with van der Waals surface area (Å²) in [7, 11) is 0. The lowest BCUT2D eigenvalue weighted by atomic mass is 10.2. The highest BCUT2D eigenvalue weighted by atomic mass is 79.9. The van der Waals surface area contributed by atoms with Crippen molar-refractivity contribution in [3.05, 3.63) is 70.5 Å². The molecule has 2 N–H and O–H groups in total. The summed E-state index contributed by atoms with van der Waals surface area (Å²) in [5, 5.41) is 10.8. The van der Waals surface area contributed by atoms with Gasteiger partial charge in [0.25, 0.3) is 0 Å². The molecule has 8 heteroatoms. The summed E-state index contributed by atoms with van der Waals surface area (Å²) in [6.45, 7) is 0.811. The Bertz CT molecular complexity index is 834. The van der Waals surface area contributed by atoms with Crippen molar-refractivity contribution in [2.45, 2.75) is 13.1 Å². The second-order valence-electron chi connectivity index (χ2n) is 5.00. The van der Waals surface area contributed by atoms with E-state index in [1.54, 1.807) is 35.3 Å². The molecule has 0 unspecified atom stereocenters. The van der Waals surface area contributed by atoms with Gasteiger partial charge in [0.2, 0.25) is 0 Å². The first kappa shape index (κ1) is 16.7. The van der Waals surface area contributed by atoms with Gasteiger partial charge in [-0.3, -0.25) is 4.68 Å². The van der Waals surface area contributed by atoms with Crippen LogP contribution < -0.4 is 10.6 Å². The zero-order valence-electron chi connectivity index (χ0n) is 12.5. The number of halogens is 2. The van der Waals surface area contributed by atoms with Gasteiger partial charge in [0, 0.05) is 11.8 Å². The van der Waals surface area contributed by atoms with Gasteiger partial charge in [0.15, 0.2) is 10.9 Å². The highest BCUT2D eigenvalue weighted by molar-refractivity contribution is 9.10. The Morgan fingerprint density at radius 1 is 1.29 bits per heavy atom. The minimum atomic E-state index is -0.255. The summed E-state index contributed by atoms with van der Waals surface area (Å²) in [6.07, 6.45) is 3.37. The molecule has 0 spiro atoms. The van der Waals surface area contributed by atoms with E-state index in [2.05, 4.69) is 31.7 Å². The van der Waals surface area contributed by atoms with Gasteiger partial charge in [-0.05, 0) is 46.3 Å². The summed E-state index contributed by atoms with van der Waals surface area (Å²) in [5.74, 6) is 1.08. The third-order valence-electron chi connectivity index (χ3n) is 3.24. The topological polar surface area (TPSA) is 55.0 Å². The highest BCUT2D eigenvalue weighted by Gasteiger charge is 2.10. The number of hydrogen-bond donors (Lipinski definition) is 2. The van der Waals surface area contributed by atoms with E-state index in [-0.39, 0.29) is 5.82 Å². The number of benzene rings is 1. The summed E-state index contributed by atoms with van der Waals surface area (Å²) in [5.41, 5.74) is 0.567. The Morgan fingerprint density at radius 2 is 2.12 bits per heavy atom. The smallest absolute Gasteiger partial charge is 0.172 e. The number of nitrogens with zero attached hydrogens (tertiary/aromatic N) is 2. The molecular formula is C16H14BrFN4OS. The molecule has 0 fully saturated rings. The number of rotatable bonds is 5. The van der Waals surface area contributed by atoms with Crippen LogP contribution in [0.4, 0.5) is 10.2 Å². The molecule has 3 aromatic rings. The van der Waals surface area contributed by atoms with E-state index in [0.29, 0.717) is 29.6 Å². The van der Waals surface area contributed by atoms with Crippen molar-refractivity contribution < 1.29 is 8.81 Å². The molecule has 0 saturated carbocycles. The quantitative estimate of drug-likeness (QED) is 0.626. The Hall–Kier alpha value is -2.19. The number of furan rings is 1. The lowest BCUT2D eigenvalue weighted by Crippen LogP contribution is -2.28. The Kier molecular flexibility index (Phi) is 5.27. The summed E-state index contributed by atoms with van der Waals surface area (Å²) in [4.78, 5) is 0. The molecule has 0 aliphatic rings. The Morgan fingerprint density at radius 3 is 2.88 bits per heavy atom. The second-order valence-corrected chi connectivity index (χ2v) is 6.26. The van der Waals surface area contributed by atoms with E-state index >= 15 is 0 Å². The standard InChI is InChI=1S/C16H14BrFN4OS/c17-13-10-22(9-11-4-1-2-6-14(11)18)21-15(13)20-16(24)19-8-12-5-3-7-23-12/h1-7,10H,8-9H2,(H2,19,20,21,24). The fourth-order valence-corrected chi connectivity index (χ4v) is 2.68. The molecule has 5 nitrogen and oxygen atoms in total. The molecule has 0 atom stereocenters. The average Bonchev–Trinajstić information content (AvgIpc) is 3.18. The number of nitrogens with one attached hydrogen (secondary N) is 2. The zero-order chi connectivity index (χ0) is 16.9. The minimum Gasteiger partial charge on any atom is -0.467 e. The van der Waals surface area contributed by atoms with Crippen LogP contribution in [0.5, 0.6) is 0 Å². The van der Waals surface area contributed by atoms with E-state index in [0.717, 1.165) is 10.2 Å². The molecule has 124 valence electrons. The first-order valence-electron chi connectivity index (χ1n) is 7.15. The molecule has 2 aromatic heterocycles. The van der Waals surface area contributed by atoms with E-state index in [4.69, 9.17) is 16.6 Å². The van der Waals surface area contributed by atoms with Crippen LogP contribution in [0.25, 0.3) is 0 Å². The number of aromatic nitrogens is 2. The Balaban J connectivity index is 1.61. The van der Waals surface area contributed by atoms with Crippen LogP contribution in [0, 0.1) is 5.82 Å². The predicted molar refractivity (Wildman–Crippen MR) is 97.2 cm³/mol. The minimum absolute atomic E-state index is 0.255. The third kappa shape index (κ3) is 4.21. The van der Waals surface area contributed by atoms with Crippen LogP contribution in [-0.2, 0) is 13.1 Å². The normalized spacial score (nSPS) is 10.6. The predicted octanol–water partition coefficient (Wildman–Crippen LogP) is 3.91. The van der Waals surface area contributed by atoms with Gasteiger partial charge < -0.3 is 15.1 Å². The van der Waals surface area contributed by atoms with Gasteiger partial charge in [-0.25, -0.2) is 4.39 Å². The molecule has 0 bridgehead atoms. The van der Waals surface area contributed by atoms with E-state index in [1.807, 2.05) is 12.1 Å². The largest absolute Gasteiger partial charge is 0.467 e. The van der Waals surface area contributed by atoms with Crippen molar-refractivity contribution in [1.82, 2.24) is 15.1 Å². The van der Waals surface area contributed by atoms with Crippen molar-refractivity contribution in [2.75, 3.05) is 5.32 Å². The average molecular weight is 409 g/mol. The third-order valence-corrected chi connectivity index (χ3v) is 4.07. The zero-order valence-corrected chi connectivity index (χ0v) is 14.9. The van der Waals surface area contributed by atoms with Gasteiger partial charge in [-0.2, -0.15) is 5.10 Å². The van der Waals surface area contributed by atoms with Crippen molar-refractivity contribution >= 4 is 39.1 Å². The van der Waals surface area contributed by atoms with Crippen LogP contribution in [0.3, 0.4) is 0 Å². The van der Waals surface area contributed by atoms with Gasteiger partial charge in [-0.15, -0.1) is 0 Å². The lowest BCUT2D eigenvalue weighted by Gasteiger charge is -2.07. The van der Waals surface area contributed by atoms with Crippen molar-refractivity contribution in [2.24, 2.45) is 0 Å². The molecule has 0 radical (unpaired) electrons. The summed E-state index contributed by atoms with van der Waals surface area (Å²) in [6, 6.07) is 10.3. The number of thiocarbonyl (C=S) groups is 1. The fraction of sp³-hybridized carbons (Fsp3) is 0.125. The van der Waals surface area contributed by atoms with Crippen LogP contribution in [-0.4, -0.2) is 14.9 Å². The summed E-state index contributed by atoms with van der Waals surface area (Å²) < 4.78 is 21.3. The molecule has 1 aromatic carbocycles. The Labute approximate surface area is 152 Å². The van der Waals surface area contributed by atoms with Crippen LogP contribution in [0.15, 0.2) is 57.7 Å². The van der Waals surface area contributed by atoms with Gasteiger partial charge >= 0.3 is 0 Å². The lowest BCUT2D eigenvalue weighted by molar-refractivity contribution is 0.503. The molecule has 0 aliphatic carbocycles. The van der Waals surface area contributed by atoms with Crippen LogP contribution in [0.2, 0.25) is 0 Å². The molecule has 0 aliphatic heterocycles. The summed E-state index contributed by atoms with van der Waals surface area (Å²) >= 11 is 8.66. The van der Waals surface area contributed by atoms with Crippen molar-refractivity contribution in [3.63, 3.8) is 0 Å². The molecule has 24 heavy (non-hydrogen) atoms. The molecule has 2 heterocycles. The molecule has 0 amide bonds. The molecule has 3 rings (SSSR count). The van der Waals surface area contributed by atoms with Crippen LogP contribution in [0.1, 0.15) is 11.3 Å².